The molecule has 0 nitrogen and oxygen atoms in total. The summed E-state index contributed by atoms with van der Waals surface area (Å²) in [5.74, 6) is -1.48. The maximum atomic E-state index is 15.2. The Morgan fingerprint density at radius 1 is 0.893 bits per heavy atom. The molecule has 0 saturated carbocycles. The van der Waals surface area contributed by atoms with Crippen molar-refractivity contribution in [2.45, 2.75) is 32.4 Å². The number of hydrogen-bond acceptors (Lipinski definition) is 0. The molecular weight excluding hydrogens is 371 g/mol. The van der Waals surface area contributed by atoms with Crippen LogP contribution in [-0.2, 0) is 19.0 Å². The molecule has 0 aromatic heterocycles. The first kappa shape index (κ1) is 18.7. The van der Waals surface area contributed by atoms with Crippen molar-refractivity contribution in [2.24, 2.45) is 0 Å². The van der Waals surface area contributed by atoms with Crippen LogP contribution < -0.4 is 0 Å². The molecule has 0 bridgehead atoms. The monoisotopic (exact) mass is 388 g/mol. The summed E-state index contributed by atoms with van der Waals surface area (Å²) in [5.41, 5.74) is 2.77. The zero-order chi connectivity index (χ0) is 20.1. The Morgan fingerprint density at radius 2 is 1.61 bits per heavy atom. The smallest absolute Gasteiger partial charge is 0.206 e. The summed E-state index contributed by atoms with van der Waals surface area (Å²) >= 11 is 0. The predicted molar refractivity (Wildman–Crippen MR) is 99.0 cm³/mol. The fraction of sp³-hybridized carbons (Fsp3) is 0.217. The van der Waals surface area contributed by atoms with E-state index in [1.54, 1.807) is 0 Å². The molecular formula is C23H17F5. The van der Waals surface area contributed by atoms with Gasteiger partial charge >= 0.3 is 6.18 Å². The van der Waals surface area contributed by atoms with Crippen LogP contribution >= 0.6 is 0 Å². The van der Waals surface area contributed by atoms with Crippen LogP contribution in [0, 0.1) is 11.6 Å². The predicted octanol–water partition coefficient (Wildman–Crippen LogP) is 7.17. The van der Waals surface area contributed by atoms with E-state index < -0.39 is 23.4 Å². The minimum absolute atomic E-state index is 0.0911. The zero-order valence-corrected chi connectivity index (χ0v) is 15.1. The van der Waals surface area contributed by atoms with Gasteiger partial charge in [-0.2, -0.15) is 13.2 Å². The quantitative estimate of drug-likeness (QED) is 0.326. The largest absolute Gasteiger partial charge is 0.416 e. The van der Waals surface area contributed by atoms with Crippen molar-refractivity contribution >= 4 is 0 Å². The number of fused-ring (bicyclic) bond motifs is 3. The highest BCUT2D eigenvalue weighted by molar-refractivity contribution is 5.81. The van der Waals surface area contributed by atoms with Gasteiger partial charge in [-0.05, 0) is 52.4 Å². The molecule has 4 rings (SSSR count). The number of aryl methyl sites for hydroxylation is 1. The minimum Gasteiger partial charge on any atom is -0.206 e. The second-order valence-electron chi connectivity index (χ2n) is 7.07. The molecule has 0 heterocycles. The number of benzene rings is 3. The topological polar surface area (TPSA) is 0 Å². The molecule has 144 valence electrons. The van der Waals surface area contributed by atoms with Crippen molar-refractivity contribution in [1.82, 2.24) is 0 Å². The number of rotatable bonds is 3. The normalized spacial score (nSPS) is 12.8. The molecule has 0 aliphatic heterocycles. The third kappa shape index (κ3) is 3.09. The molecule has 3 aromatic rings. The lowest BCUT2D eigenvalue weighted by Crippen LogP contribution is -2.04. The van der Waals surface area contributed by atoms with Crippen molar-refractivity contribution in [3.05, 3.63) is 82.4 Å². The minimum atomic E-state index is -4.49. The van der Waals surface area contributed by atoms with E-state index in [0.717, 1.165) is 53.8 Å². The van der Waals surface area contributed by atoms with E-state index in [1.807, 2.05) is 18.2 Å². The molecule has 0 amide bonds. The molecule has 28 heavy (non-hydrogen) atoms. The lowest BCUT2D eigenvalue weighted by atomic mass is 9.96. The standard InChI is InChI=1S/C23H17F5/c1-2-3-13-4-9-17-15(10-13)11-19-18(17)12-20(24)21(22(19)25)14-5-7-16(8-6-14)23(26,27)28/h4-10,12H,2-3,11H2,1H3. The van der Waals surface area contributed by atoms with E-state index >= 15 is 4.39 Å². The second-order valence-corrected chi connectivity index (χ2v) is 7.07. The fourth-order valence-corrected chi connectivity index (χ4v) is 3.85. The average molecular weight is 388 g/mol. The summed E-state index contributed by atoms with van der Waals surface area (Å²) in [6.45, 7) is 2.08. The SMILES string of the molecule is CCCc1ccc2c(c1)Cc1c-2cc(F)c(-c2ccc(C(F)(F)F)cc2)c1F. The van der Waals surface area contributed by atoms with Crippen LogP contribution in [0.15, 0.2) is 48.5 Å². The van der Waals surface area contributed by atoms with E-state index in [0.29, 0.717) is 17.5 Å². The molecule has 1 aliphatic carbocycles. The third-order valence-electron chi connectivity index (χ3n) is 5.19. The summed E-state index contributed by atoms with van der Waals surface area (Å²) in [4.78, 5) is 0. The Labute approximate surface area is 159 Å². The second kappa shape index (κ2) is 6.73. The highest BCUT2D eigenvalue weighted by Crippen LogP contribution is 2.43. The lowest BCUT2D eigenvalue weighted by molar-refractivity contribution is -0.137. The van der Waals surface area contributed by atoms with Gasteiger partial charge in [0.1, 0.15) is 11.6 Å². The molecule has 0 N–H and O–H groups in total. The van der Waals surface area contributed by atoms with E-state index in [1.165, 1.54) is 6.07 Å². The van der Waals surface area contributed by atoms with Gasteiger partial charge in [0.2, 0.25) is 0 Å². The molecule has 1 aliphatic rings. The van der Waals surface area contributed by atoms with E-state index in [4.69, 9.17) is 0 Å². The molecule has 3 aromatic carbocycles. The number of halogens is 5. The molecule has 0 spiro atoms. The Hall–Kier alpha value is -2.69. The van der Waals surface area contributed by atoms with Gasteiger partial charge in [0, 0.05) is 12.0 Å². The summed E-state index contributed by atoms with van der Waals surface area (Å²) in [6.07, 6.45) is -2.24. The van der Waals surface area contributed by atoms with Gasteiger partial charge in [0.05, 0.1) is 11.1 Å². The Morgan fingerprint density at radius 3 is 2.25 bits per heavy atom. The van der Waals surface area contributed by atoms with Crippen LogP contribution in [0.5, 0.6) is 0 Å². The lowest BCUT2D eigenvalue weighted by Gasteiger charge is -2.12. The van der Waals surface area contributed by atoms with Crippen LogP contribution in [0.25, 0.3) is 22.3 Å². The molecule has 5 heteroatoms. The maximum absolute atomic E-state index is 15.2. The van der Waals surface area contributed by atoms with Crippen LogP contribution in [-0.4, -0.2) is 0 Å². The first-order chi connectivity index (χ1) is 13.3. The number of hydrogen-bond donors (Lipinski definition) is 0. The Bertz CT molecular complexity index is 1050. The van der Waals surface area contributed by atoms with Crippen molar-refractivity contribution in [3.63, 3.8) is 0 Å². The fourth-order valence-electron chi connectivity index (χ4n) is 3.85. The average Bonchev–Trinajstić information content (AvgIpc) is 3.00. The van der Waals surface area contributed by atoms with Crippen LogP contribution in [0.2, 0.25) is 0 Å². The van der Waals surface area contributed by atoms with E-state index in [-0.39, 0.29) is 11.1 Å². The summed E-state index contributed by atoms with van der Waals surface area (Å²) < 4.78 is 68.2. The van der Waals surface area contributed by atoms with Gasteiger partial charge in [0.15, 0.2) is 0 Å². The van der Waals surface area contributed by atoms with Crippen LogP contribution in [0.3, 0.4) is 0 Å². The first-order valence-electron chi connectivity index (χ1n) is 9.10. The summed E-state index contributed by atoms with van der Waals surface area (Å²) in [5, 5.41) is 0. The summed E-state index contributed by atoms with van der Waals surface area (Å²) in [6, 6.07) is 11.1. The van der Waals surface area contributed by atoms with Crippen molar-refractivity contribution in [3.8, 4) is 22.3 Å². The first-order valence-corrected chi connectivity index (χ1v) is 9.10. The highest BCUT2D eigenvalue weighted by atomic mass is 19.4. The molecule has 0 saturated heterocycles. The summed E-state index contributed by atoms with van der Waals surface area (Å²) in [7, 11) is 0. The van der Waals surface area contributed by atoms with Crippen molar-refractivity contribution < 1.29 is 22.0 Å². The van der Waals surface area contributed by atoms with E-state index in [2.05, 4.69) is 6.92 Å². The van der Waals surface area contributed by atoms with Gasteiger partial charge < -0.3 is 0 Å². The Kier molecular flexibility index (Phi) is 4.48. The van der Waals surface area contributed by atoms with Gasteiger partial charge in [-0.1, -0.05) is 43.7 Å². The highest BCUT2D eigenvalue weighted by Gasteiger charge is 2.31. The molecule has 0 atom stereocenters. The zero-order valence-electron chi connectivity index (χ0n) is 15.1. The van der Waals surface area contributed by atoms with Crippen molar-refractivity contribution in [1.29, 1.82) is 0 Å². The van der Waals surface area contributed by atoms with Gasteiger partial charge in [-0.15, -0.1) is 0 Å². The molecule has 0 radical (unpaired) electrons. The Balaban J connectivity index is 1.78. The van der Waals surface area contributed by atoms with Crippen molar-refractivity contribution in [2.75, 3.05) is 0 Å². The van der Waals surface area contributed by atoms with Crippen LogP contribution in [0.4, 0.5) is 22.0 Å². The van der Waals surface area contributed by atoms with E-state index in [9.17, 15) is 17.6 Å². The van der Waals surface area contributed by atoms with Crippen LogP contribution in [0.1, 0.15) is 35.6 Å². The van der Waals surface area contributed by atoms with Gasteiger partial charge in [-0.3, -0.25) is 0 Å². The third-order valence-corrected chi connectivity index (χ3v) is 5.19. The molecule has 0 fully saturated rings. The van der Waals surface area contributed by atoms with Gasteiger partial charge in [0.25, 0.3) is 0 Å². The van der Waals surface area contributed by atoms with Gasteiger partial charge in [-0.25, -0.2) is 8.78 Å². The molecule has 0 unspecified atom stereocenters. The number of alkyl halides is 3. The maximum Gasteiger partial charge on any atom is 0.416 e.